The van der Waals surface area contributed by atoms with Crippen LogP contribution in [-0.2, 0) is 9.53 Å². The van der Waals surface area contributed by atoms with Crippen molar-refractivity contribution < 1.29 is 18.7 Å². The highest BCUT2D eigenvalue weighted by Gasteiger charge is 2.32. The molecule has 0 unspecified atom stereocenters. The average molecular weight is 413 g/mol. The number of esters is 1. The lowest BCUT2D eigenvalue weighted by atomic mass is 10.1. The lowest BCUT2D eigenvalue weighted by Crippen LogP contribution is -2.28. The summed E-state index contributed by atoms with van der Waals surface area (Å²) in [5.41, 5.74) is 1.33. The van der Waals surface area contributed by atoms with Gasteiger partial charge in [-0.15, -0.1) is 0 Å². The number of amides is 1. The van der Waals surface area contributed by atoms with E-state index in [4.69, 9.17) is 9.15 Å². The van der Waals surface area contributed by atoms with Crippen LogP contribution in [0.2, 0.25) is 0 Å². The van der Waals surface area contributed by atoms with Crippen molar-refractivity contribution in [3.8, 4) is 11.3 Å². The summed E-state index contributed by atoms with van der Waals surface area (Å²) < 4.78 is 11.1. The van der Waals surface area contributed by atoms with Crippen molar-refractivity contribution in [1.82, 2.24) is 4.90 Å². The highest BCUT2D eigenvalue weighted by atomic mass is 32.2. The molecule has 1 amide bonds. The molecular formula is C22H24N2O4S. The van der Waals surface area contributed by atoms with Crippen molar-refractivity contribution in [3.63, 3.8) is 0 Å². The Hall–Kier alpha value is -2.80. The molecule has 1 aromatic heterocycles. The Labute approximate surface area is 174 Å². The van der Waals surface area contributed by atoms with Crippen LogP contribution in [0.4, 0.5) is 0 Å². The largest absolute Gasteiger partial charge is 0.459 e. The van der Waals surface area contributed by atoms with Crippen LogP contribution in [0.3, 0.4) is 0 Å². The summed E-state index contributed by atoms with van der Waals surface area (Å²) in [7, 11) is 0. The summed E-state index contributed by atoms with van der Waals surface area (Å²) in [5.74, 6) is 0.840. The van der Waals surface area contributed by atoms with Crippen LogP contribution in [0.1, 0.15) is 43.8 Å². The molecule has 3 rings (SSSR count). The number of hydrogen-bond acceptors (Lipinski definition) is 6. The van der Waals surface area contributed by atoms with Gasteiger partial charge in [-0.1, -0.05) is 12.1 Å². The first-order valence-corrected chi connectivity index (χ1v) is 10.4. The fraction of sp³-hybridized carbons (Fsp3) is 0.318. The van der Waals surface area contributed by atoms with Crippen LogP contribution in [-0.4, -0.2) is 41.1 Å². The zero-order valence-electron chi connectivity index (χ0n) is 17.0. The van der Waals surface area contributed by atoms with Gasteiger partial charge in [0.2, 0.25) is 0 Å². The number of thioether (sulfide) groups is 1. The van der Waals surface area contributed by atoms with Gasteiger partial charge in [-0.2, -0.15) is 0 Å². The molecule has 0 atom stereocenters. The molecule has 0 spiro atoms. The molecular weight excluding hydrogens is 388 g/mol. The Morgan fingerprint density at radius 1 is 1.21 bits per heavy atom. The third kappa shape index (κ3) is 4.79. The van der Waals surface area contributed by atoms with E-state index >= 15 is 0 Å². The minimum absolute atomic E-state index is 0.0596. The Bertz CT molecular complexity index is 957. The Morgan fingerprint density at radius 2 is 1.93 bits per heavy atom. The van der Waals surface area contributed by atoms with E-state index in [2.05, 4.69) is 4.99 Å². The average Bonchev–Trinajstić information content (AvgIpc) is 3.27. The number of hydrogen-bond donors (Lipinski definition) is 0. The molecule has 1 aliphatic heterocycles. The van der Waals surface area contributed by atoms with Gasteiger partial charge in [0.05, 0.1) is 16.6 Å². The monoisotopic (exact) mass is 412 g/mol. The molecule has 29 heavy (non-hydrogen) atoms. The molecule has 0 bridgehead atoms. The van der Waals surface area contributed by atoms with Gasteiger partial charge >= 0.3 is 5.97 Å². The van der Waals surface area contributed by atoms with Gasteiger partial charge in [0.15, 0.2) is 5.17 Å². The number of ether oxygens (including phenoxy) is 1. The maximum atomic E-state index is 12.6. The zero-order valence-corrected chi connectivity index (χ0v) is 17.8. The van der Waals surface area contributed by atoms with Gasteiger partial charge < -0.3 is 9.15 Å². The van der Waals surface area contributed by atoms with E-state index in [1.165, 1.54) is 11.8 Å². The Balaban J connectivity index is 1.77. The SMILES string of the molecule is CCN=C1S/C(=C\c2ccc(-c3ccc(C(=O)OC(C)C)cc3)o2)C(=O)N1CC. The third-order valence-electron chi connectivity index (χ3n) is 4.15. The van der Waals surface area contributed by atoms with Crippen LogP contribution >= 0.6 is 11.8 Å². The van der Waals surface area contributed by atoms with Gasteiger partial charge in [0, 0.05) is 24.7 Å². The van der Waals surface area contributed by atoms with Gasteiger partial charge in [0.1, 0.15) is 11.5 Å². The number of carbonyl (C=O) groups is 2. The summed E-state index contributed by atoms with van der Waals surface area (Å²) in [6.07, 6.45) is 1.58. The number of carbonyl (C=O) groups excluding carboxylic acids is 2. The van der Waals surface area contributed by atoms with E-state index < -0.39 is 0 Å². The van der Waals surface area contributed by atoms with E-state index in [1.54, 1.807) is 23.1 Å². The summed E-state index contributed by atoms with van der Waals surface area (Å²) in [6.45, 7) is 8.71. The summed E-state index contributed by atoms with van der Waals surface area (Å²) in [6, 6.07) is 10.7. The Morgan fingerprint density at radius 3 is 2.55 bits per heavy atom. The second-order valence-corrected chi connectivity index (χ2v) is 7.66. The minimum atomic E-state index is -0.349. The second kappa shape index (κ2) is 9.13. The van der Waals surface area contributed by atoms with Crippen LogP contribution in [0, 0.1) is 0 Å². The highest BCUT2D eigenvalue weighted by Crippen LogP contribution is 2.33. The molecule has 6 nitrogen and oxygen atoms in total. The van der Waals surface area contributed by atoms with Crippen molar-refractivity contribution in [2.45, 2.75) is 33.8 Å². The molecule has 2 aromatic rings. The lowest BCUT2D eigenvalue weighted by Gasteiger charge is -2.11. The molecule has 0 aliphatic carbocycles. The zero-order chi connectivity index (χ0) is 21.0. The third-order valence-corrected chi connectivity index (χ3v) is 5.19. The number of amidine groups is 1. The van der Waals surface area contributed by atoms with E-state index in [9.17, 15) is 9.59 Å². The van der Waals surface area contributed by atoms with Gasteiger partial charge in [-0.25, -0.2) is 4.79 Å². The molecule has 1 fully saturated rings. The topological polar surface area (TPSA) is 72.1 Å². The first-order chi connectivity index (χ1) is 13.9. The van der Waals surface area contributed by atoms with Gasteiger partial charge in [0.25, 0.3) is 5.91 Å². The van der Waals surface area contributed by atoms with Crippen molar-refractivity contribution in [2.24, 2.45) is 4.99 Å². The van der Waals surface area contributed by atoms with Crippen LogP contribution in [0.5, 0.6) is 0 Å². The molecule has 1 aromatic carbocycles. The van der Waals surface area contributed by atoms with Crippen molar-refractivity contribution >= 4 is 34.9 Å². The van der Waals surface area contributed by atoms with Crippen molar-refractivity contribution in [2.75, 3.05) is 13.1 Å². The smallest absolute Gasteiger partial charge is 0.338 e. The first-order valence-electron chi connectivity index (χ1n) is 9.60. The quantitative estimate of drug-likeness (QED) is 0.502. The van der Waals surface area contributed by atoms with Crippen LogP contribution < -0.4 is 0 Å². The van der Waals surface area contributed by atoms with E-state index in [-0.39, 0.29) is 18.0 Å². The van der Waals surface area contributed by atoms with Gasteiger partial charge in [-0.3, -0.25) is 14.7 Å². The minimum Gasteiger partial charge on any atom is -0.459 e. The second-order valence-electron chi connectivity index (χ2n) is 6.65. The number of benzene rings is 1. The van der Waals surface area contributed by atoms with Gasteiger partial charge in [-0.05, 0) is 63.7 Å². The summed E-state index contributed by atoms with van der Waals surface area (Å²) >= 11 is 1.36. The number of likely N-dealkylation sites (N-methyl/N-ethyl adjacent to an activating group) is 1. The van der Waals surface area contributed by atoms with Crippen molar-refractivity contribution in [3.05, 3.63) is 52.6 Å². The normalized spacial score (nSPS) is 17.0. The molecule has 7 heteroatoms. The first kappa shape index (κ1) is 20.9. The predicted octanol–water partition coefficient (Wildman–Crippen LogP) is 4.82. The molecule has 0 N–H and O–H groups in total. The maximum absolute atomic E-state index is 12.6. The molecule has 0 radical (unpaired) electrons. The molecule has 152 valence electrons. The standard InChI is InChI=1S/C22H24N2O4S/c1-5-23-22-24(6-2)20(25)19(29-22)13-17-11-12-18(28-17)15-7-9-16(10-8-15)21(26)27-14(3)4/h7-14H,5-6H2,1-4H3/b19-13-,23-22?. The number of aliphatic imine (C=N–C) groups is 1. The number of furan rings is 1. The van der Waals surface area contributed by atoms with E-state index in [0.29, 0.717) is 35.1 Å². The molecule has 1 aliphatic rings. The number of rotatable bonds is 6. The Kier molecular flexibility index (Phi) is 6.59. The predicted molar refractivity (Wildman–Crippen MR) is 116 cm³/mol. The fourth-order valence-electron chi connectivity index (χ4n) is 2.81. The summed E-state index contributed by atoms with van der Waals surface area (Å²) in [5, 5.41) is 0.724. The van der Waals surface area contributed by atoms with Crippen LogP contribution in [0.25, 0.3) is 17.4 Å². The van der Waals surface area contributed by atoms with E-state index in [0.717, 1.165) is 10.7 Å². The maximum Gasteiger partial charge on any atom is 0.338 e. The fourth-order valence-corrected chi connectivity index (χ4v) is 3.89. The van der Waals surface area contributed by atoms with Crippen LogP contribution in [0.15, 0.2) is 50.7 Å². The molecule has 2 heterocycles. The molecule has 1 saturated heterocycles. The van der Waals surface area contributed by atoms with E-state index in [1.807, 2.05) is 52.0 Å². The van der Waals surface area contributed by atoms with Crippen molar-refractivity contribution in [1.29, 1.82) is 0 Å². The summed E-state index contributed by atoms with van der Waals surface area (Å²) in [4.78, 5) is 31.1. The molecule has 0 saturated carbocycles. The highest BCUT2D eigenvalue weighted by molar-refractivity contribution is 8.18. The number of nitrogens with zero attached hydrogens (tertiary/aromatic N) is 2. The lowest BCUT2D eigenvalue weighted by molar-refractivity contribution is -0.122.